The van der Waals surface area contributed by atoms with Gasteiger partial charge in [-0.05, 0) is 47.0 Å². The molecular formula is C14H21BrN2O3S. The third-order valence-electron chi connectivity index (χ3n) is 3.87. The van der Waals surface area contributed by atoms with Gasteiger partial charge in [0.2, 0.25) is 10.0 Å². The van der Waals surface area contributed by atoms with E-state index < -0.39 is 15.6 Å². The third-order valence-corrected chi connectivity index (χ3v) is 6.27. The second-order valence-corrected chi connectivity index (χ2v) is 8.24. The summed E-state index contributed by atoms with van der Waals surface area (Å²) < 4.78 is 27.7. The number of halogens is 1. The van der Waals surface area contributed by atoms with Gasteiger partial charge in [-0.25, -0.2) is 13.1 Å². The van der Waals surface area contributed by atoms with E-state index in [0.717, 1.165) is 25.7 Å². The minimum absolute atomic E-state index is 0.0383. The van der Waals surface area contributed by atoms with Crippen molar-refractivity contribution in [3.63, 3.8) is 0 Å². The maximum Gasteiger partial charge on any atom is 0.241 e. The Labute approximate surface area is 134 Å². The van der Waals surface area contributed by atoms with Crippen molar-refractivity contribution in [2.45, 2.75) is 49.0 Å². The van der Waals surface area contributed by atoms with Crippen LogP contribution in [0.25, 0.3) is 0 Å². The molecule has 1 aliphatic rings. The lowest BCUT2D eigenvalue weighted by Crippen LogP contribution is -2.42. The molecule has 7 heteroatoms. The molecule has 2 rings (SSSR count). The fourth-order valence-electron chi connectivity index (χ4n) is 2.60. The number of anilines is 1. The van der Waals surface area contributed by atoms with Crippen LogP contribution in [0.1, 0.15) is 38.5 Å². The molecule has 5 nitrogen and oxygen atoms in total. The van der Waals surface area contributed by atoms with Gasteiger partial charge in [-0.3, -0.25) is 0 Å². The van der Waals surface area contributed by atoms with Gasteiger partial charge in [-0.1, -0.05) is 25.7 Å². The minimum atomic E-state index is -3.70. The highest BCUT2D eigenvalue weighted by Gasteiger charge is 2.30. The van der Waals surface area contributed by atoms with Crippen molar-refractivity contribution in [3.8, 4) is 0 Å². The van der Waals surface area contributed by atoms with Gasteiger partial charge in [0, 0.05) is 16.7 Å². The first kappa shape index (κ1) is 16.7. The fourth-order valence-corrected chi connectivity index (χ4v) is 4.71. The van der Waals surface area contributed by atoms with Crippen molar-refractivity contribution < 1.29 is 13.5 Å². The van der Waals surface area contributed by atoms with Crippen LogP contribution in [-0.2, 0) is 10.0 Å². The Kier molecular flexibility index (Phi) is 5.29. The molecule has 21 heavy (non-hydrogen) atoms. The molecular weight excluding hydrogens is 356 g/mol. The van der Waals surface area contributed by atoms with Gasteiger partial charge in [0.25, 0.3) is 0 Å². The molecule has 118 valence electrons. The number of rotatable bonds is 4. The lowest BCUT2D eigenvalue weighted by molar-refractivity contribution is 0.0303. The quantitative estimate of drug-likeness (QED) is 0.555. The summed E-state index contributed by atoms with van der Waals surface area (Å²) in [5.41, 5.74) is 5.08. The van der Waals surface area contributed by atoms with E-state index in [0.29, 0.717) is 23.0 Å². The molecule has 1 aliphatic carbocycles. The van der Waals surface area contributed by atoms with E-state index in [4.69, 9.17) is 5.73 Å². The highest BCUT2D eigenvalue weighted by molar-refractivity contribution is 9.10. The molecule has 1 fully saturated rings. The molecule has 0 amide bonds. The molecule has 0 unspecified atom stereocenters. The lowest BCUT2D eigenvalue weighted by atomic mass is 9.95. The van der Waals surface area contributed by atoms with Gasteiger partial charge < -0.3 is 10.8 Å². The normalized spacial score (nSPS) is 19.1. The van der Waals surface area contributed by atoms with E-state index in [1.807, 2.05) is 0 Å². The van der Waals surface area contributed by atoms with Crippen molar-refractivity contribution >= 4 is 31.6 Å². The van der Waals surface area contributed by atoms with Gasteiger partial charge in [0.1, 0.15) is 0 Å². The molecule has 0 bridgehead atoms. The van der Waals surface area contributed by atoms with Crippen LogP contribution in [0.2, 0.25) is 0 Å². The Bertz CT molecular complexity index is 596. The topological polar surface area (TPSA) is 92.4 Å². The zero-order chi connectivity index (χ0) is 15.5. The number of aliphatic hydroxyl groups is 1. The van der Waals surface area contributed by atoms with Gasteiger partial charge in [0.05, 0.1) is 10.5 Å². The Hall–Kier alpha value is -0.630. The standard InChI is InChI=1S/C14H21BrN2O3S/c15-12-6-5-11(16)9-13(12)21(19,20)17-10-14(18)7-3-1-2-4-8-14/h5-6,9,17-18H,1-4,7-8,10,16H2. The summed E-state index contributed by atoms with van der Waals surface area (Å²) in [4.78, 5) is 0.0970. The molecule has 0 aromatic heterocycles. The molecule has 0 atom stereocenters. The summed E-state index contributed by atoms with van der Waals surface area (Å²) in [5.74, 6) is 0. The van der Waals surface area contributed by atoms with Crippen molar-refractivity contribution in [1.82, 2.24) is 4.72 Å². The average Bonchev–Trinajstić information content (AvgIpc) is 2.65. The highest BCUT2D eigenvalue weighted by Crippen LogP contribution is 2.28. The Morgan fingerprint density at radius 3 is 2.48 bits per heavy atom. The average molecular weight is 377 g/mol. The Morgan fingerprint density at radius 2 is 1.86 bits per heavy atom. The van der Waals surface area contributed by atoms with Gasteiger partial charge in [-0.2, -0.15) is 0 Å². The molecule has 1 aromatic rings. The van der Waals surface area contributed by atoms with Crippen LogP contribution < -0.4 is 10.5 Å². The van der Waals surface area contributed by atoms with E-state index in [1.165, 1.54) is 6.07 Å². The SMILES string of the molecule is Nc1ccc(Br)c(S(=O)(=O)NCC2(O)CCCCCC2)c1. The first-order valence-corrected chi connectivity index (χ1v) is 9.37. The second kappa shape index (κ2) is 6.64. The molecule has 0 spiro atoms. The first-order chi connectivity index (χ1) is 9.82. The summed E-state index contributed by atoms with van der Waals surface area (Å²) in [6.07, 6.45) is 5.31. The minimum Gasteiger partial charge on any atom is -0.399 e. The van der Waals surface area contributed by atoms with Crippen molar-refractivity contribution in [2.24, 2.45) is 0 Å². The number of hydrogen-bond donors (Lipinski definition) is 3. The molecule has 0 saturated heterocycles. The highest BCUT2D eigenvalue weighted by atomic mass is 79.9. The van der Waals surface area contributed by atoms with E-state index in [-0.39, 0.29) is 11.4 Å². The molecule has 1 saturated carbocycles. The first-order valence-electron chi connectivity index (χ1n) is 7.10. The van der Waals surface area contributed by atoms with Crippen LogP contribution in [-0.4, -0.2) is 25.7 Å². The van der Waals surface area contributed by atoms with E-state index >= 15 is 0 Å². The van der Waals surface area contributed by atoms with Crippen LogP contribution in [0.4, 0.5) is 5.69 Å². The smallest absolute Gasteiger partial charge is 0.241 e. The Balaban J connectivity index is 2.12. The van der Waals surface area contributed by atoms with Crippen LogP contribution in [0, 0.1) is 0 Å². The summed E-state index contributed by atoms with van der Waals surface area (Å²) in [5, 5.41) is 10.5. The number of benzene rings is 1. The van der Waals surface area contributed by atoms with Crippen molar-refractivity contribution in [3.05, 3.63) is 22.7 Å². The van der Waals surface area contributed by atoms with Crippen molar-refractivity contribution in [2.75, 3.05) is 12.3 Å². The van der Waals surface area contributed by atoms with Crippen molar-refractivity contribution in [1.29, 1.82) is 0 Å². The van der Waals surface area contributed by atoms with Crippen LogP contribution >= 0.6 is 15.9 Å². The maximum absolute atomic E-state index is 12.4. The van der Waals surface area contributed by atoms with E-state index in [1.54, 1.807) is 12.1 Å². The maximum atomic E-state index is 12.4. The summed E-state index contributed by atoms with van der Waals surface area (Å²) in [6.45, 7) is 0.0383. The van der Waals surface area contributed by atoms with E-state index in [2.05, 4.69) is 20.7 Å². The number of nitrogens with one attached hydrogen (secondary N) is 1. The predicted molar refractivity (Wildman–Crippen MR) is 86.4 cm³/mol. The van der Waals surface area contributed by atoms with Crippen LogP contribution in [0.15, 0.2) is 27.6 Å². The summed E-state index contributed by atoms with van der Waals surface area (Å²) in [7, 11) is -3.70. The van der Waals surface area contributed by atoms with Crippen LogP contribution in [0.3, 0.4) is 0 Å². The number of nitrogen functional groups attached to an aromatic ring is 1. The van der Waals surface area contributed by atoms with Gasteiger partial charge in [-0.15, -0.1) is 0 Å². The monoisotopic (exact) mass is 376 g/mol. The fraction of sp³-hybridized carbons (Fsp3) is 0.571. The zero-order valence-corrected chi connectivity index (χ0v) is 14.2. The number of nitrogens with two attached hydrogens (primary N) is 1. The van der Waals surface area contributed by atoms with E-state index in [9.17, 15) is 13.5 Å². The lowest BCUT2D eigenvalue weighted by Gasteiger charge is -2.26. The predicted octanol–water partition coefficient (Wildman–Crippen LogP) is 2.39. The molecule has 1 aromatic carbocycles. The third kappa shape index (κ3) is 4.42. The number of sulfonamides is 1. The van der Waals surface area contributed by atoms with Crippen LogP contribution in [0.5, 0.6) is 0 Å². The number of hydrogen-bond acceptors (Lipinski definition) is 4. The summed E-state index contributed by atoms with van der Waals surface area (Å²) in [6, 6.07) is 4.63. The van der Waals surface area contributed by atoms with Gasteiger partial charge >= 0.3 is 0 Å². The zero-order valence-electron chi connectivity index (χ0n) is 11.8. The van der Waals surface area contributed by atoms with Gasteiger partial charge in [0.15, 0.2) is 0 Å². The molecule has 0 heterocycles. The largest absolute Gasteiger partial charge is 0.399 e. The molecule has 4 N–H and O–H groups in total. The Morgan fingerprint density at radius 1 is 1.24 bits per heavy atom. The molecule has 0 radical (unpaired) electrons. The second-order valence-electron chi connectivity index (χ2n) is 5.65. The summed E-state index contributed by atoms with van der Waals surface area (Å²) >= 11 is 3.22. The molecule has 0 aliphatic heterocycles.